The first-order chi connectivity index (χ1) is 11.7. The van der Waals surface area contributed by atoms with Gasteiger partial charge in [-0.1, -0.05) is 137 Å². The highest BCUT2D eigenvalue weighted by atomic mass is 14.2. The summed E-state index contributed by atoms with van der Waals surface area (Å²) >= 11 is 0. The highest BCUT2D eigenvalue weighted by molar-refractivity contribution is 4.81. The smallest absolute Gasteiger partial charge is 0.0326 e. The molecule has 0 bridgehead atoms. The van der Waals surface area contributed by atoms with Gasteiger partial charge in [0.1, 0.15) is 0 Å². The van der Waals surface area contributed by atoms with E-state index in [9.17, 15) is 0 Å². The van der Waals surface area contributed by atoms with Crippen molar-refractivity contribution >= 4 is 0 Å². The van der Waals surface area contributed by atoms with Crippen molar-refractivity contribution in [2.45, 2.75) is 137 Å². The lowest BCUT2D eigenvalue weighted by atomic mass is 9.85. The lowest BCUT2D eigenvalue weighted by Crippen LogP contribution is -2.08. The fourth-order valence-electron chi connectivity index (χ4n) is 3.80. The molecule has 0 heteroatoms. The minimum absolute atomic E-state index is 0.832. The second-order valence-electron chi connectivity index (χ2n) is 8.18. The second-order valence-corrected chi connectivity index (χ2v) is 8.18. The minimum Gasteiger partial charge on any atom is -0.0654 e. The predicted octanol–water partition coefficient (Wildman–Crippen LogP) is 9.13. The van der Waals surface area contributed by atoms with Crippen LogP contribution in [0.15, 0.2) is 0 Å². The molecule has 2 unspecified atom stereocenters. The zero-order valence-electron chi connectivity index (χ0n) is 17.8. The molecule has 2 atom stereocenters. The van der Waals surface area contributed by atoms with Crippen LogP contribution in [0.25, 0.3) is 0 Å². The normalized spacial score (nSPS) is 14.0. The maximum Gasteiger partial charge on any atom is -0.0326 e. The van der Waals surface area contributed by atoms with Crippen LogP contribution >= 0.6 is 0 Å². The van der Waals surface area contributed by atoms with Gasteiger partial charge in [0.2, 0.25) is 0 Å². The van der Waals surface area contributed by atoms with E-state index in [1.807, 2.05) is 0 Å². The van der Waals surface area contributed by atoms with E-state index in [1.54, 1.807) is 0 Å². The van der Waals surface area contributed by atoms with E-state index in [4.69, 9.17) is 0 Å². The molecule has 0 spiro atoms. The average Bonchev–Trinajstić information content (AvgIpc) is 2.58. The Balaban J connectivity index is 3.77. The Bertz CT molecular complexity index is 220. The van der Waals surface area contributed by atoms with Crippen molar-refractivity contribution < 1.29 is 0 Å². The van der Waals surface area contributed by atoms with Gasteiger partial charge in [0.15, 0.2) is 0 Å². The Labute approximate surface area is 155 Å². The molecule has 0 aromatic heterocycles. The molecule has 1 radical (unpaired) electrons. The monoisotopic (exact) mass is 337 g/mol. The molecule has 0 saturated heterocycles. The van der Waals surface area contributed by atoms with Crippen LogP contribution in [0.3, 0.4) is 0 Å². The lowest BCUT2D eigenvalue weighted by molar-refractivity contribution is 0.401. The molecule has 0 aromatic carbocycles. The average molecular weight is 338 g/mol. The molecule has 0 amide bonds. The first-order valence-corrected chi connectivity index (χ1v) is 11.6. The number of hydrogen-bond acceptors (Lipinski definition) is 0. The maximum atomic E-state index is 2.73. The first-order valence-electron chi connectivity index (χ1n) is 11.6. The van der Waals surface area contributed by atoms with Crippen LogP contribution in [0.1, 0.15) is 137 Å². The molecule has 0 aliphatic rings. The molecule has 0 saturated carbocycles. The third-order valence-electron chi connectivity index (χ3n) is 5.47. The van der Waals surface area contributed by atoms with Gasteiger partial charge < -0.3 is 0 Å². The van der Waals surface area contributed by atoms with Crippen molar-refractivity contribution in [3.05, 3.63) is 6.42 Å². The van der Waals surface area contributed by atoms with Crippen molar-refractivity contribution in [2.24, 2.45) is 11.8 Å². The van der Waals surface area contributed by atoms with Gasteiger partial charge in [0.25, 0.3) is 0 Å². The zero-order valence-corrected chi connectivity index (χ0v) is 17.8. The third kappa shape index (κ3) is 16.8. The fraction of sp³-hybridized carbons (Fsp3) is 0.958. The van der Waals surface area contributed by atoms with E-state index in [0.717, 1.165) is 11.8 Å². The highest BCUT2D eigenvalue weighted by Crippen LogP contribution is 2.26. The molecule has 0 aliphatic heterocycles. The molecule has 0 rings (SSSR count). The topological polar surface area (TPSA) is 0 Å². The van der Waals surface area contributed by atoms with Crippen LogP contribution in [-0.2, 0) is 0 Å². The van der Waals surface area contributed by atoms with Crippen LogP contribution in [0.5, 0.6) is 0 Å². The van der Waals surface area contributed by atoms with E-state index in [1.165, 1.54) is 109 Å². The molecule has 0 aromatic rings. The summed E-state index contributed by atoms with van der Waals surface area (Å²) in [7, 11) is 0. The summed E-state index contributed by atoms with van der Waals surface area (Å²) in [6.45, 7) is 9.41. The summed E-state index contributed by atoms with van der Waals surface area (Å²) < 4.78 is 0. The summed E-state index contributed by atoms with van der Waals surface area (Å²) in [5.74, 6) is 1.73. The molecule has 0 heterocycles. The van der Waals surface area contributed by atoms with Crippen molar-refractivity contribution in [2.75, 3.05) is 0 Å². The Morgan fingerprint density at radius 2 is 0.917 bits per heavy atom. The van der Waals surface area contributed by atoms with Crippen molar-refractivity contribution in [3.63, 3.8) is 0 Å². The third-order valence-corrected chi connectivity index (χ3v) is 5.47. The lowest BCUT2D eigenvalue weighted by Gasteiger charge is -2.21. The van der Waals surface area contributed by atoms with Gasteiger partial charge in [-0.25, -0.2) is 0 Å². The van der Waals surface area contributed by atoms with Crippen molar-refractivity contribution in [1.29, 1.82) is 0 Å². The van der Waals surface area contributed by atoms with Gasteiger partial charge in [0.05, 0.1) is 0 Å². The van der Waals surface area contributed by atoms with Gasteiger partial charge in [-0.3, -0.25) is 0 Å². The maximum absolute atomic E-state index is 2.73. The zero-order chi connectivity index (χ0) is 17.9. The SMILES string of the molecule is CCCCCCCCC(C)[CH]C(CCCC)CCCCCCCC. The minimum atomic E-state index is 0.832. The molecule has 0 fully saturated rings. The molecule has 145 valence electrons. The van der Waals surface area contributed by atoms with Crippen LogP contribution in [0.2, 0.25) is 0 Å². The van der Waals surface area contributed by atoms with Crippen molar-refractivity contribution in [1.82, 2.24) is 0 Å². The Morgan fingerprint density at radius 1 is 0.500 bits per heavy atom. The van der Waals surface area contributed by atoms with E-state index >= 15 is 0 Å². The number of rotatable bonds is 19. The van der Waals surface area contributed by atoms with E-state index in [2.05, 4.69) is 34.1 Å². The van der Waals surface area contributed by atoms with Gasteiger partial charge in [-0.05, 0) is 18.3 Å². The van der Waals surface area contributed by atoms with Gasteiger partial charge in [0, 0.05) is 0 Å². The predicted molar refractivity (Wildman–Crippen MR) is 112 cm³/mol. The molecule has 0 N–H and O–H groups in total. The van der Waals surface area contributed by atoms with Crippen molar-refractivity contribution in [3.8, 4) is 0 Å². The first kappa shape index (κ1) is 24.0. The van der Waals surface area contributed by atoms with Crippen LogP contribution < -0.4 is 0 Å². The van der Waals surface area contributed by atoms with E-state index in [0.29, 0.717) is 0 Å². The molecule has 0 aliphatic carbocycles. The number of hydrogen-bond donors (Lipinski definition) is 0. The molecule has 0 nitrogen and oxygen atoms in total. The largest absolute Gasteiger partial charge is 0.0654 e. The van der Waals surface area contributed by atoms with Gasteiger partial charge in [-0.15, -0.1) is 0 Å². The Kier molecular flexibility index (Phi) is 19.3. The standard InChI is InChI=1S/C24H49/c1-5-8-11-13-15-17-19-23(4)22-24(20-10-7-3)21-18-16-14-12-9-6-2/h22-24H,5-21H2,1-4H3. The summed E-state index contributed by atoms with van der Waals surface area (Å²) in [6.07, 6.45) is 27.0. The van der Waals surface area contributed by atoms with E-state index in [-0.39, 0.29) is 0 Å². The Morgan fingerprint density at radius 3 is 1.46 bits per heavy atom. The quantitative estimate of drug-likeness (QED) is 0.206. The fourth-order valence-corrected chi connectivity index (χ4v) is 3.80. The van der Waals surface area contributed by atoms with E-state index < -0.39 is 0 Å². The number of unbranched alkanes of at least 4 members (excludes halogenated alkanes) is 11. The van der Waals surface area contributed by atoms with Gasteiger partial charge in [-0.2, -0.15) is 0 Å². The summed E-state index contributed by atoms with van der Waals surface area (Å²) in [6, 6.07) is 0. The van der Waals surface area contributed by atoms with Crippen LogP contribution in [0.4, 0.5) is 0 Å². The highest BCUT2D eigenvalue weighted by Gasteiger charge is 2.13. The van der Waals surface area contributed by atoms with Gasteiger partial charge >= 0.3 is 0 Å². The summed E-state index contributed by atoms with van der Waals surface area (Å²) in [5, 5.41) is 0. The summed E-state index contributed by atoms with van der Waals surface area (Å²) in [4.78, 5) is 0. The summed E-state index contributed by atoms with van der Waals surface area (Å²) in [5.41, 5.74) is 0. The second kappa shape index (κ2) is 19.3. The van der Waals surface area contributed by atoms with Crippen LogP contribution in [-0.4, -0.2) is 0 Å². The molecular weight excluding hydrogens is 288 g/mol. The molecule has 24 heavy (non-hydrogen) atoms. The Hall–Kier alpha value is 0. The molecular formula is C24H49. The van der Waals surface area contributed by atoms with Crippen LogP contribution in [0, 0.1) is 18.3 Å².